The van der Waals surface area contributed by atoms with Gasteiger partial charge in [-0.25, -0.2) is 4.98 Å². The zero-order chi connectivity index (χ0) is 14.3. The molecule has 0 aliphatic heterocycles. The predicted molar refractivity (Wildman–Crippen MR) is 66.8 cm³/mol. The van der Waals surface area contributed by atoms with Gasteiger partial charge in [0.2, 0.25) is 0 Å². The molecule has 2 N–H and O–H groups in total. The molecule has 0 spiro atoms. The number of para-hydroxylation sites is 1. The van der Waals surface area contributed by atoms with E-state index in [0.717, 1.165) is 0 Å². The topological polar surface area (TPSA) is 48.1 Å². The Morgan fingerprint density at radius 1 is 1.05 bits per heavy atom. The van der Waals surface area contributed by atoms with Crippen molar-refractivity contribution in [3.8, 4) is 5.75 Å². The summed E-state index contributed by atoms with van der Waals surface area (Å²) in [6.45, 7) is 0. The molecule has 2 aromatic rings. The van der Waals surface area contributed by atoms with Gasteiger partial charge in [0, 0.05) is 6.20 Å². The van der Waals surface area contributed by atoms with Crippen LogP contribution in [0.2, 0.25) is 5.02 Å². The molecule has 0 saturated heterocycles. The van der Waals surface area contributed by atoms with Gasteiger partial charge in [-0.3, -0.25) is 0 Å². The highest BCUT2D eigenvalue weighted by molar-refractivity contribution is 6.30. The zero-order valence-electron chi connectivity index (χ0n) is 9.56. The first-order chi connectivity index (χ1) is 8.87. The van der Waals surface area contributed by atoms with Crippen molar-refractivity contribution in [3.63, 3.8) is 0 Å². The third-order valence-corrected chi connectivity index (χ3v) is 1.95. The molecular weight excluding hydrogens is 281 g/mol. The summed E-state index contributed by atoms with van der Waals surface area (Å²) < 4.78 is 38.2. The number of nitrogen functional groups attached to an aromatic ring is 1. The van der Waals surface area contributed by atoms with E-state index in [0.29, 0.717) is 10.8 Å². The van der Waals surface area contributed by atoms with Crippen LogP contribution in [0.4, 0.5) is 19.0 Å². The average Bonchev–Trinajstić information content (AvgIpc) is 2.33. The maximum atomic E-state index is 11.5. The number of hydrogen-bond acceptors (Lipinski definition) is 3. The third-order valence-electron chi connectivity index (χ3n) is 1.73. The molecule has 1 aromatic heterocycles. The monoisotopic (exact) mass is 290 g/mol. The molecule has 0 radical (unpaired) electrons. The van der Waals surface area contributed by atoms with Crippen molar-refractivity contribution in [1.29, 1.82) is 0 Å². The lowest BCUT2D eigenvalue weighted by Gasteiger charge is -2.07. The number of benzene rings is 1. The summed E-state index contributed by atoms with van der Waals surface area (Å²) in [5, 5.41) is 0.610. The number of pyridine rings is 1. The molecule has 1 aromatic carbocycles. The summed E-state index contributed by atoms with van der Waals surface area (Å²) in [6, 6.07) is 10.4. The van der Waals surface area contributed by atoms with E-state index in [-0.39, 0.29) is 5.75 Å². The number of ether oxygens (including phenoxy) is 1. The lowest BCUT2D eigenvalue weighted by molar-refractivity contribution is -0.274. The van der Waals surface area contributed by atoms with Gasteiger partial charge < -0.3 is 10.5 Å². The quantitative estimate of drug-likeness (QED) is 0.866. The first kappa shape index (κ1) is 15.1. The first-order valence-corrected chi connectivity index (χ1v) is 5.42. The summed E-state index contributed by atoms with van der Waals surface area (Å²) >= 11 is 5.49. The Morgan fingerprint density at radius 3 is 2.11 bits per heavy atom. The molecule has 0 saturated carbocycles. The van der Waals surface area contributed by atoms with Crippen LogP contribution < -0.4 is 10.5 Å². The second kappa shape index (κ2) is 6.84. The highest BCUT2D eigenvalue weighted by atomic mass is 35.5. The fourth-order valence-corrected chi connectivity index (χ4v) is 1.12. The summed E-state index contributed by atoms with van der Waals surface area (Å²) in [5.41, 5.74) is 5.26. The van der Waals surface area contributed by atoms with Crippen LogP contribution in [-0.2, 0) is 0 Å². The molecule has 102 valence electrons. The van der Waals surface area contributed by atoms with Gasteiger partial charge in [-0.05, 0) is 24.3 Å². The van der Waals surface area contributed by atoms with Crippen molar-refractivity contribution in [1.82, 2.24) is 4.98 Å². The van der Waals surface area contributed by atoms with E-state index in [2.05, 4.69) is 9.72 Å². The van der Waals surface area contributed by atoms with Crippen molar-refractivity contribution < 1.29 is 17.9 Å². The van der Waals surface area contributed by atoms with Crippen LogP contribution in [0.3, 0.4) is 0 Å². The van der Waals surface area contributed by atoms with Gasteiger partial charge in [0.05, 0.1) is 5.02 Å². The maximum absolute atomic E-state index is 11.5. The molecule has 0 atom stereocenters. The molecule has 0 aliphatic rings. The number of nitrogens with zero attached hydrogens (tertiary/aromatic N) is 1. The van der Waals surface area contributed by atoms with Crippen LogP contribution in [0.5, 0.6) is 5.75 Å². The van der Waals surface area contributed by atoms with Crippen LogP contribution in [0.1, 0.15) is 0 Å². The van der Waals surface area contributed by atoms with Crippen LogP contribution in [0.15, 0.2) is 48.7 Å². The Bertz CT molecular complexity index is 468. The SMILES string of the molecule is FC(F)(F)Oc1ccccc1.Nc1ccc(Cl)cn1. The first-order valence-electron chi connectivity index (χ1n) is 5.04. The Labute approximate surface area is 112 Å². The number of nitrogens with two attached hydrogens (primary N) is 1. The Kier molecular flexibility index (Phi) is 5.44. The number of anilines is 1. The van der Waals surface area contributed by atoms with Crippen LogP contribution >= 0.6 is 11.6 Å². The minimum atomic E-state index is -4.60. The molecule has 0 fully saturated rings. The van der Waals surface area contributed by atoms with Gasteiger partial charge >= 0.3 is 6.36 Å². The Hall–Kier alpha value is -1.95. The molecule has 0 amide bonds. The summed E-state index contributed by atoms with van der Waals surface area (Å²) in [5.74, 6) is 0.300. The van der Waals surface area contributed by atoms with E-state index in [1.165, 1.54) is 30.5 Å². The van der Waals surface area contributed by atoms with Gasteiger partial charge in [0.25, 0.3) is 0 Å². The molecule has 0 aliphatic carbocycles. The van der Waals surface area contributed by atoms with Gasteiger partial charge in [-0.2, -0.15) is 0 Å². The van der Waals surface area contributed by atoms with Gasteiger partial charge in [0.15, 0.2) is 0 Å². The standard InChI is InChI=1S/C7H5F3O.C5H5ClN2/c8-7(9,10)11-6-4-2-1-3-5-6;6-4-1-2-5(7)8-3-4/h1-5H;1-3H,(H2,7,8). The third kappa shape index (κ3) is 7.15. The van der Waals surface area contributed by atoms with Crippen molar-refractivity contribution in [2.45, 2.75) is 6.36 Å². The van der Waals surface area contributed by atoms with Crippen molar-refractivity contribution >= 4 is 17.4 Å². The summed E-state index contributed by atoms with van der Waals surface area (Å²) in [6.07, 6.45) is -3.09. The average molecular weight is 291 g/mol. The molecule has 0 unspecified atom stereocenters. The normalized spacial score (nSPS) is 10.3. The molecule has 3 nitrogen and oxygen atoms in total. The van der Waals surface area contributed by atoms with Crippen LogP contribution in [0.25, 0.3) is 0 Å². The molecule has 1 heterocycles. The number of alkyl halides is 3. The van der Waals surface area contributed by atoms with E-state index in [4.69, 9.17) is 17.3 Å². The molecule has 0 bridgehead atoms. The summed E-state index contributed by atoms with van der Waals surface area (Å²) in [7, 11) is 0. The van der Waals surface area contributed by atoms with E-state index in [1.807, 2.05) is 0 Å². The fourth-order valence-electron chi connectivity index (χ4n) is 1.01. The largest absolute Gasteiger partial charge is 0.573 e. The highest BCUT2D eigenvalue weighted by Gasteiger charge is 2.30. The Balaban J connectivity index is 0.000000200. The van der Waals surface area contributed by atoms with E-state index < -0.39 is 6.36 Å². The fraction of sp³-hybridized carbons (Fsp3) is 0.0833. The summed E-state index contributed by atoms with van der Waals surface area (Å²) in [4.78, 5) is 3.72. The lowest BCUT2D eigenvalue weighted by Crippen LogP contribution is -2.16. The number of hydrogen-bond donors (Lipinski definition) is 1. The minimum Gasteiger partial charge on any atom is -0.406 e. The second-order valence-corrected chi connectivity index (χ2v) is 3.70. The van der Waals surface area contributed by atoms with Crippen molar-refractivity contribution in [2.24, 2.45) is 0 Å². The molecule has 19 heavy (non-hydrogen) atoms. The van der Waals surface area contributed by atoms with E-state index in [1.54, 1.807) is 18.2 Å². The van der Waals surface area contributed by atoms with Crippen molar-refractivity contribution in [3.05, 3.63) is 53.7 Å². The minimum absolute atomic E-state index is 0.194. The molecule has 2 rings (SSSR count). The lowest BCUT2D eigenvalue weighted by atomic mass is 10.3. The molecule has 7 heteroatoms. The maximum Gasteiger partial charge on any atom is 0.573 e. The second-order valence-electron chi connectivity index (χ2n) is 3.26. The molecular formula is C12H10ClF3N2O. The van der Waals surface area contributed by atoms with E-state index in [9.17, 15) is 13.2 Å². The number of aromatic nitrogens is 1. The van der Waals surface area contributed by atoms with Crippen LogP contribution in [0, 0.1) is 0 Å². The van der Waals surface area contributed by atoms with Gasteiger partial charge in [0.1, 0.15) is 11.6 Å². The number of rotatable bonds is 1. The number of halogens is 4. The van der Waals surface area contributed by atoms with Gasteiger partial charge in [-0.1, -0.05) is 29.8 Å². The zero-order valence-corrected chi connectivity index (χ0v) is 10.3. The van der Waals surface area contributed by atoms with Crippen molar-refractivity contribution in [2.75, 3.05) is 5.73 Å². The highest BCUT2D eigenvalue weighted by Crippen LogP contribution is 2.21. The van der Waals surface area contributed by atoms with Crippen LogP contribution in [-0.4, -0.2) is 11.3 Å². The Morgan fingerprint density at radius 2 is 1.68 bits per heavy atom. The smallest absolute Gasteiger partial charge is 0.406 e. The van der Waals surface area contributed by atoms with Gasteiger partial charge in [-0.15, -0.1) is 13.2 Å². The van der Waals surface area contributed by atoms with E-state index >= 15 is 0 Å². The predicted octanol–water partition coefficient (Wildman–Crippen LogP) is 3.90.